The molecule has 0 bridgehead atoms. The van der Waals surface area contributed by atoms with Crippen molar-refractivity contribution in [1.29, 1.82) is 0 Å². The summed E-state index contributed by atoms with van der Waals surface area (Å²) in [4.78, 5) is 17.5. The van der Waals surface area contributed by atoms with E-state index < -0.39 is 0 Å². The fraction of sp³-hybridized carbons (Fsp3) is 0.737. The number of rotatable bonds is 7. The van der Waals surface area contributed by atoms with E-state index in [9.17, 15) is 4.79 Å². The van der Waals surface area contributed by atoms with E-state index >= 15 is 0 Å². The molecular weight excluding hydrogens is 286 g/mol. The van der Waals surface area contributed by atoms with Crippen LogP contribution < -0.4 is 5.73 Å². The quantitative estimate of drug-likeness (QED) is 0.780. The molecule has 2 N–H and O–H groups in total. The highest BCUT2D eigenvalue weighted by atomic mass is 16.1. The minimum atomic E-state index is -0.333. The first-order valence-corrected chi connectivity index (χ1v) is 8.90. The Balaban J connectivity index is 0. The normalized spacial score (nSPS) is 9.52. The fourth-order valence-corrected chi connectivity index (χ4v) is 2.06. The molecule has 0 aromatic carbocycles. The standard InChI is InChI=1S/C9H14N2.C8H18.C2H5NO/c1-3-4-5-9-6-10-8(2)11-7-9;1-4-6-8(3)7-5-2;1-2(3)4/h6-7H,3-5H2,1-2H3;8H,4-7H2,1-3H3;1H3,(H2,3,4). The van der Waals surface area contributed by atoms with Crippen molar-refractivity contribution in [3.8, 4) is 0 Å². The maximum atomic E-state index is 9.22. The third-order valence-corrected chi connectivity index (χ3v) is 3.22. The van der Waals surface area contributed by atoms with Gasteiger partial charge in [0.2, 0.25) is 5.91 Å². The van der Waals surface area contributed by atoms with Gasteiger partial charge in [-0.3, -0.25) is 4.79 Å². The van der Waals surface area contributed by atoms with Crippen LogP contribution in [-0.4, -0.2) is 15.9 Å². The zero-order valence-corrected chi connectivity index (χ0v) is 16.1. The Hall–Kier alpha value is -1.45. The molecule has 0 spiro atoms. The van der Waals surface area contributed by atoms with Gasteiger partial charge in [0.1, 0.15) is 5.82 Å². The van der Waals surface area contributed by atoms with Gasteiger partial charge in [-0.2, -0.15) is 0 Å². The van der Waals surface area contributed by atoms with Gasteiger partial charge in [-0.15, -0.1) is 0 Å². The van der Waals surface area contributed by atoms with Crippen LogP contribution in [0.15, 0.2) is 12.4 Å². The van der Waals surface area contributed by atoms with Gasteiger partial charge in [-0.1, -0.05) is 59.8 Å². The SMILES string of the molecule is CC(N)=O.CCCC(C)CCC.CCCCc1cnc(C)nc1. The smallest absolute Gasteiger partial charge is 0.214 e. The second-order valence-corrected chi connectivity index (χ2v) is 6.04. The highest BCUT2D eigenvalue weighted by molar-refractivity contribution is 5.70. The molecule has 1 aromatic rings. The minimum Gasteiger partial charge on any atom is -0.370 e. The maximum absolute atomic E-state index is 9.22. The van der Waals surface area contributed by atoms with Crippen LogP contribution in [0, 0.1) is 12.8 Å². The number of hydrogen-bond acceptors (Lipinski definition) is 3. The highest BCUT2D eigenvalue weighted by Crippen LogP contribution is 2.10. The monoisotopic (exact) mass is 323 g/mol. The van der Waals surface area contributed by atoms with E-state index in [1.165, 1.54) is 51.0 Å². The highest BCUT2D eigenvalue weighted by Gasteiger charge is 1.95. The number of aryl methyl sites for hydroxylation is 2. The van der Waals surface area contributed by atoms with Gasteiger partial charge in [0, 0.05) is 19.3 Å². The summed E-state index contributed by atoms with van der Waals surface area (Å²) in [5.74, 6) is 1.48. The summed E-state index contributed by atoms with van der Waals surface area (Å²) in [6.07, 6.45) is 12.9. The van der Waals surface area contributed by atoms with Crippen molar-refractivity contribution in [1.82, 2.24) is 9.97 Å². The lowest BCUT2D eigenvalue weighted by Crippen LogP contribution is -2.01. The third kappa shape index (κ3) is 20.6. The molecular formula is C19H37N3O. The first kappa shape index (κ1) is 23.8. The molecule has 1 aromatic heterocycles. The summed E-state index contributed by atoms with van der Waals surface area (Å²) >= 11 is 0. The fourth-order valence-electron chi connectivity index (χ4n) is 2.06. The number of nitrogens with zero attached hydrogens (tertiary/aromatic N) is 2. The molecule has 1 amide bonds. The van der Waals surface area contributed by atoms with Gasteiger partial charge < -0.3 is 5.73 Å². The number of carbonyl (C=O) groups excluding carboxylic acids is 1. The van der Waals surface area contributed by atoms with E-state index in [0.29, 0.717) is 0 Å². The van der Waals surface area contributed by atoms with Crippen LogP contribution in [0.4, 0.5) is 0 Å². The number of primary amides is 1. The van der Waals surface area contributed by atoms with Gasteiger partial charge in [-0.05, 0) is 31.2 Å². The number of amides is 1. The zero-order chi connectivity index (χ0) is 18.1. The van der Waals surface area contributed by atoms with Crippen molar-refractivity contribution in [2.24, 2.45) is 11.7 Å². The van der Waals surface area contributed by atoms with Gasteiger partial charge in [0.25, 0.3) is 0 Å². The maximum Gasteiger partial charge on any atom is 0.214 e. The Morgan fingerprint density at radius 3 is 1.87 bits per heavy atom. The molecule has 0 atom stereocenters. The molecule has 1 rings (SSSR count). The van der Waals surface area contributed by atoms with Crippen LogP contribution in [0.2, 0.25) is 0 Å². The third-order valence-electron chi connectivity index (χ3n) is 3.22. The van der Waals surface area contributed by atoms with Gasteiger partial charge in [0.05, 0.1) is 0 Å². The number of hydrogen-bond donors (Lipinski definition) is 1. The second-order valence-electron chi connectivity index (χ2n) is 6.04. The van der Waals surface area contributed by atoms with Crippen LogP contribution >= 0.6 is 0 Å². The van der Waals surface area contributed by atoms with Gasteiger partial charge >= 0.3 is 0 Å². The Kier molecular flexibility index (Phi) is 17.5. The van der Waals surface area contributed by atoms with Crippen LogP contribution in [0.5, 0.6) is 0 Å². The molecule has 0 radical (unpaired) electrons. The summed E-state index contributed by atoms with van der Waals surface area (Å²) in [5.41, 5.74) is 5.72. The number of nitrogens with two attached hydrogens (primary N) is 1. The van der Waals surface area contributed by atoms with E-state index in [2.05, 4.69) is 43.4 Å². The molecule has 0 aliphatic heterocycles. The molecule has 4 heteroatoms. The Morgan fingerprint density at radius 2 is 1.52 bits per heavy atom. The number of aromatic nitrogens is 2. The summed E-state index contributed by atoms with van der Waals surface area (Å²) in [6.45, 7) is 12.3. The molecule has 1 heterocycles. The van der Waals surface area contributed by atoms with Crippen molar-refractivity contribution in [3.63, 3.8) is 0 Å². The molecule has 4 nitrogen and oxygen atoms in total. The van der Waals surface area contributed by atoms with E-state index in [4.69, 9.17) is 0 Å². The predicted octanol–water partition coefficient (Wildman–Crippen LogP) is 4.84. The Morgan fingerprint density at radius 1 is 1.09 bits per heavy atom. The second kappa shape index (κ2) is 16.9. The van der Waals surface area contributed by atoms with Crippen molar-refractivity contribution < 1.29 is 4.79 Å². The molecule has 0 unspecified atom stereocenters. The Bertz CT molecular complexity index is 367. The molecule has 0 aliphatic rings. The Labute approximate surface area is 143 Å². The molecule has 0 saturated heterocycles. The topological polar surface area (TPSA) is 68.9 Å². The lowest BCUT2D eigenvalue weighted by molar-refractivity contribution is -0.115. The summed E-state index contributed by atoms with van der Waals surface area (Å²) in [6, 6.07) is 0. The number of carbonyl (C=O) groups is 1. The van der Waals surface area contributed by atoms with E-state index in [0.717, 1.165) is 18.2 Å². The first-order chi connectivity index (χ1) is 10.9. The van der Waals surface area contributed by atoms with Gasteiger partial charge in [-0.25, -0.2) is 9.97 Å². The largest absolute Gasteiger partial charge is 0.370 e. The van der Waals surface area contributed by atoms with Crippen molar-refractivity contribution in [2.45, 2.75) is 86.5 Å². The lowest BCUT2D eigenvalue weighted by atomic mass is 10.0. The summed E-state index contributed by atoms with van der Waals surface area (Å²) < 4.78 is 0. The van der Waals surface area contributed by atoms with E-state index in [1.807, 2.05) is 19.3 Å². The zero-order valence-electron chi connectivity index (χ0n) is 16.1. The van der Waals surface area contributed by atoms with Crippen molar-refractivity contribution >= 4 is 5.91 Å². The minimum absolute atomic E-state index is 0.333. The lowest BCUT2D eigenvalue weighted by Gasteiger charge is -2.05. The van der Waals surface area contributed by atoms with Crippen molar-refractivity contribution in [3.05, 3.63) is 23.8 Å². The van der Waals surface area contributed by atoms with Crippen LogP contribution in [0.25, 0.3) is 0 Å². The number of unbranched alkanes of at least 4 members (excludes halogenated alkanes) is 1. The average molecular weight is 324 g/mol. The van der Waals surface area contributed by atoms with E-state index in [1.54, 1.807) is 0 Å². The summed E-state index contributed by atoms with van der Waals surface area (Å²) in [5, 5.41) is 0. The van der Waals surface area contributed by atoms with Gasteiger partial charge in [0.15, 0.2) is 0 Å². The molecule has 0 aliphatic carbocycles. The molecule has 23 heavy (non-hydrogen) atoms. The predicted molar refractivity (Wildman–Crippen MR) is 99.2 cm³/mol. The average Bonchev–Trinajstić information content (AvgIpc) is 2.47. The molecule has 0 fully saturated rings. The van der Waals surface area contributed by atoms with Crippen LogP contribution in [-0.2, 0) is 11.2 Å². The first-order valence-electron chi connectivity index (χ1n) is 8.90. The van der Waals surface area contributed by atoms with Crippen molar-refractivity contribution in [2.75, 3.05) is 0 Å². The van der Waals surface area contributed by atoms with Crippen LogP contribution in [0.1, 0.15) is 84.5 Å². The summed E-state index contributed by atoms with van der Waals surface area (Å²) in [7, 11) is 0. The van der Waals surface area contributed by atoms with Crippen LogP contribution in [0.3, 0.4) is 0 Å². The van der Waals surface area contributed by atoms with E-state index in [-0.39, 0.29) is 5.91 Å². The molecule has 134 valence electrons. The molecule has 0 saturated carbocycles.